The van der Waals surface area contributed by atoms with Crippen molar-refractivity contribution < 1.29 is 4.74 Å². The monoisotopic (exact) mass is 261 g/mol. The van der Waals surface area contributed by atoms with Gasteiger partial charge in [0.2, 0.25) is 0 Å². The lowest BCUT2D eigenvalue weighted by Crippen LogP contribution is -1.89. The minimum absolute atomic E-state index is 0.313. The fourth-order valence-corrected chi connectivity index (χ4v) is 2.21. The van der Waals surface area contributed by atoms with Crippen molar-refractivity contribution in [3.05, 3.63) is 33.4 Å². The van der Waals surface area contributed by atoms with Crippen LogP contribution in [0.4, 0.5) is 0 Å². The maximum absolute atomic E-state index is 6.03. The second kappa shape index (κ2) is 4.05. The number of aromatic nitrogens is 1. The van der Waals surface area contributed by atoms with E-state index in [1.54, 1.807) is 25.3 Å². The van der Waals surface area contributed by atoms with Crippen molar-refractivity contribution in [1.82, 2.24) is 4.98 Å². The zero-order chi connectivity index (χ0) is 11.0. The zero-order valence-electron chi connectivity index (χ0n) is 7.72. The maximum atomic E-state index is 6.03. The second-order valence-electron chi connectivity index (χ2n) is 2.90. The molecule has 1 aromatic heterocycles. The van der Waals surface area contributed by atoms with Crippen LogP contribution < -0.4 is 4.74 Å². The van der Waals surface area contributed by atoms with Gasteiger partial charge in [-0.1, -0.05) is 34.8 Å². The van der Waals surface area contributed by atoms with Gasteiger partial charge >= 0.3 is 0 Å². The van der Waals surface area contributed by atoms with E-state index in [0.29, 0.717) is 31.9 Å². The van der Waals surface area contributed by atoms with Gasteiger partial charge in [0.1, 0.15) is 16.4 Å². The minimum Gasteiger partial charge on any atom is -0.494 e. The first-order valence-corrected chi connectivity index (χ1v) is 5.25. The summed E-state index contributed by atoms with van der Waals surface area (Å²) in [7, 11) is 1.55. The molecule has 0 saturated heterocycles. The molecular formula is C10H6Cl3NO. The number of nitrogens with zero attached hydrogens (tertiary/aromatic N) is 1. The topological polar surface area (TPSA) is 22.1 Å². The summed E-state index contributed by atoms with van der Waals surface area (Å²) in [4.78, 5) is 4.14. The molecule has 2 rings (SSSR count). The van der Waals surface area contributed by atoms with Gasteiger partial charge in [-0.2, -0.15) is 0 Å². The first-order chi connectivity index (χ1) is 7.13. The molecule has 0 aliphatic heterocycles. The van der Waals surface area contributed by atoms with Crippen LogP contribution in [0.3, 0.4) is 0 Å². The molecule has 0 aliphatic carbocycles. The highest BCUT2D eigenvalue weighted by Gasteiger charge is 2.11. The Hall–Kier alpha value is -0.700. The minimum atomic E-state index is 0.313. The van der Waals surface area contributed by atoms with E-state index in [9.17, 15) is 0 Å². The van der Waals surface area contributed by atoms with Crippen LogP contribution >= 0.6 is 34.8 Å². The molecule has 2 nitrogen and oxygen atoms in total. The Morgan fingerprint density at radius 2 is 1.87 bits per heavy atom. The Bertz CT molecular complexity index is 528. The highest BCUT2D eigenvalue weighted by atomic mass is 35.5. The molecule has 0 unspecified atom stereocenters. The van der Waals surface area contributed by atoms with Crippen LogP contribution in [-0.4, -0.2) is 12.1 Å². The molecule has 2 aromatic rings. The molecule has 0 aliphatic rings. The molecule has 0 N–H and O–H groups in total. The first-order valence-electron chi connectivity index (χ1n) is 4.11. The average molecular weight is 263 g/mol. The van der Waals surface area contributed by atoms with Crippen molar-refractivity contribution >= 4 is 45.7 Å². The van der Waals surface area contributed by atoms with Crippen LogP contribution in [0.2, 0.25) is 15.2 Å². The van der Waals surface area contributed by atoms with Crippen molar-refractivity contribution in [3.63, 3.8) is 0 Å². The number of pyridine rings is 1. The lowest BCUT2D eigenvalue weighted by atomic mass is 10.2. The van der Waals surface area contributed by atoms with Gasteiger partial charge in [0.05, 0.1) is 17.2 Å². The van der Waals surface area contributed by atoms with Crippen LogP contribution in [-0.2, 0) is 0 Å². The zero-order valence-corrected chi connectivity index (χ0v) is 9.99. The molecule has 78 valence electrons. The largest absolute Gasteiger partial charge is 0.494 e. The third-order valence-corrected chi connectivity index (χ3v) is 2.82. The van der Waals surface area contributed by atoms with Crippen LogP contribution in [0, 0.1) is 0 Å². The van der Waals surface area contributed by atoms with Crippen molar-refractivity contribution in [2.75, 3.05) is 7.11 Å². The van der Waals surface area contributed by atoms with E-state index >= 15 is 0 Å². The van der Waals surface area contributed by atoms with E-state index in [4.69, 9.17) is 39.5 Å². The van der Waals surface area contributed by atoms with Gasteiger partial charge in [-0.3, -0.25) is 0 Å². The van der Waals surface area contributed by atoms with Gasteiger partial charge in [0.25, 0.3) is 0 Å². The number of rotatable bonds is 1. The van der Waals surface area contributed by atoms with E-state index in [2.05, 4.69) is 4.98 Å². The average Bonchev–Trinajstić information content (AvgIpc) is 2.17. The van der Waals surface area contributed by atoms with Crippen LogP contribution in [0.5, 0.6) is 5.75 Å². The number of methoxy groups -OCH3 is 1. The van der Waals surface area contributed by atoms with Gasteiger partial charge in [0.15, 0.2) is 0 Å². The highest BCUT2D eigenvalue weighted by Crippen LogP contribution is 2.36. The van der Waals surface area contributed by atoms with Crippen molar-refractivity contribution in [3.8, 4) is 5.75 Å². The summed E-state index contributed by atoms with van der Waals surface area (Å²) in [5.41, 5.74) is 0.572. The fourth-order valence-electron chi connectivity index (χ4n) is 1.37. The SMILES string of the molecule is COc1ccc(Cl)c2c(Cl)cc(Cl)nc12. The standard InChI is InChI=1S/C10H6Cl3NO/c1-15-7-3-2-5(11)9-6(12)4-8(13)14-10(7)9/h2-4H,1H3. The molecule has 15 heavy (non-hydrogen) atoms. The van der Waals surface area contributed by atoms with E-state index < -0.39 is 0 Å². The van der Waals surface area contributed by atoms with Crippen LogP contribution in [0.1, 0.15) is 0 Å². The quantitative estimate of drug-likeness (QED) is 0.719. The number of fused-ring (bicyclic) bond motifs is 1. The smallest absolute Gasteiger partial charge is 0.145 e. The number of hydrogen-bond donors (Lipinski definition) is 0. The molecule has 0 bridgehead atoms. The Kier molecular flexibility index (Phi) is 2.91. The van der Waals surface area contributed by atoms with Gasteiger partial charge in [0, 0.05) is 5.39 Å². The summed E-state index contributed by atoms with van der Waals surface area (Å²) >= 11 is 17.9. The Morgan fingerprint density at radius 1 is 1.13 bits per heavy atom. The summed E-state index contributed by atoms with van der Waals surface area (Å²) in [5.74, 6) is 0.596. The van der Waals surface area contributed by atoms with Crippen molar-refractivity contribution in [2.24, 2.45) is 0 Å². The molecule has 5 heteroatoms. The molecule has 1 aromatic carbocycles. The summed E-state index contributed by atoms with van der Waals surface area (Å²) < 4.78 is 5.15. The van der Waals surface area contributed by atoms with E-state index in [1.807, 2.05) is 0 Å². The van der Waals surface area contributed by atoms with Crippen LogP contribution in [0.15, 0.2) is 18.2 Å². The van der Waals surface area contributed by atoms with Gasteiger partial charge in [-0.15, -0.1) is 0 Å². The predicted molar refractivity (Wildman–Crippen MR) is 63.3 cm³/mol. The van der Waals surface area contributed by atoms with E-state index in [0.717, 1.165) is 0 Å². The first kappa shape index (κ1) is 10.8. The molecular weight excluding hydrogens is 256 g/mol. The predicted octanol–water partition coefficient (Wildman–Crippen LogP) is 4.20. The Labute approximate surface area is 102 Å². The van der Waals surface area contributed by atoms with Crippen molar-refractivity contribution in [1.29, 1.82) is 0 Å². The molecule has 0 radical (unpaired) electrons. The van der Waals surface area contributed by atoms with Crippen molar-refractivity contribution in [2.45, 2.75) is 0 Å². The molecule has 0 spiro atoms. The third kappa shape index (κ3) is 1.85. The van der Waals surface area contributed by atoms with Gasteiger partial charge in [-0.25, -0.2) is 4.98 Å². The maximum Gasteiger partial charge on any atom is 0.145 e. The lowest BCUT2D eigenvalue weighted by molar-refractivity contribution is 0.419. The van der Waals surface area contributed by atoms with E-state index in [1.165, 1.54) is 0 Å². The summed E-state index contributed by atoms with van der Waals surface area (Å²) in [6.07, 6.45) is 0. The summed E-state index contributed by atoms with van der Waals surface area (Å²) in [5, 5.41) is 1.96. The number of hydrogen-bond acceptors (Lipinski definition) is 2. The normalized spacial score (nSPS) is 10.7. The third-order valence-electron chi connectivity index (χ3n) is 2.01. The molecule has 0 atom stereocenters. The molecule has 0 amide bonds. The van der Waals surface area contributed by atoms with E-state index in [-0.39, 0.29) is 0 Å². The number of benzene rings is 1. The number of ether oxygens (including phenoxy) is 1. The lowest BCUT2D eigenvalue weighted by Gasteiger charge is -2.07. The van der Waals surface area contributed by atoms with Gasteiger partial charge in [-0.05, 0) is 18.2 Å². The van der Waals surface area contributed by atoms with Gasteiger partial charge < -0.3 is 4.74 Å². The molecule has 1 heterocycles. The molecule has 0 fully saturated rings. The Balaban J connectivity index is 2.93. The highest BCUT2D eigenvalue weighted by molar-refractivity contribution is 6.43. The Morgan fingerprint density at radius 3 is 2.53 bits per heavy atom. The number of halogens is 3. The van der Waals surface area contributed by atoms with Crippen LogP contribution in [0.25, 0.3) is 10.9 Å². The summed E-state index contributed by atoms with van der Waals surface area (Å²) in [6.45, 7) is 0. The summed E-state index contributed by atoms with van der Waals surface area (Å²) in [6, 6.07) is 4.99. The fraction of sp³-hybridized carbons (Fsp3) is 0.100. The second-order valence-corrected chi connectivity index (χ2v) is 4.10. The molecule has 0 saturated carbocycles.